The molecule has 0 aliphatic heterocycles. The molecule has 0 aliphatic carbocycles. The predicted molar refractivity (Wildman–Crippen MR) is 71.6 cm³/mol. The van der Waals surface area contributed by atoms with E-state index < -0.39 is 0 Å². The molecule has 3 aromatic rings. The maximum atomic E-state index is 9.98. The number of aromatic nitrogens is 2. The molecule has 0 amide bonds. The van der Waals surface area contributed by atoms with E-state index >= 15 is 0 Å². The summed E-state index contributed by atoms with van der Waals surface area (Å²) in [6.45, 7) is 1.75. The smallest absolute Gasteiger partial charge is 0.223 e. The molecule has 1 aromatic heterocycles. The number of nitrogens with zero attached hydrogens (tertiary/aromatic N) is 2. The number of phenolic OH excluding ortho intramolecular Hbond substituents is 1. The van der Waals surface area contributed by atoms with Gasteiger partial charge in [0.1, 0.15) is 5.75 Å². The highest BCUT2D eigenvalue weighted by atomic mass is 16.5. The molecular weight excluding hydrogens is 240 g/mol. The Morgan fingerprint density at radius 2 is 1.79 bits per heavy atom. The molecule has 0 bridgehead atoms. The van der Waals surface area contributed by atoms with Crippen molar-refractivity contribution in [1.29, 1.82) is 0 Å². The zero-order valence-electron chi connectivity index (χ0n) is 10.4. The van der Waals surface area contributed by atoms with Gasteiger partial charge in [0.2, 0.25) is 11.7 Å². The third-order valence-electron chi connectivity index (χ3n) is 2.87. The van der Waals surface area contributed by atoms with Crippen LogP contribution in [0, 0.1) is 6.92 Å². The Hall–Kier alpha value is -2.62. The molecule has 0 unspecified atom stereocenters. The third-order valence-corrected chi connectivity index (χ3v) is 2.87. The molecule has 3 rings (SSSR count). The van der Waals surface area contributed by atoms with Crippen LogP contribution in [0.2, 0.25) is 0 Å². The summed E-state index contributed by atoms with van der Waals surface area (Å²) in [6.07, 6.45) is 0. The van der Waals surface area contributed by atoms with Crippen molar-refractivity contribution in [1.82, 2.24) is 10.1 Å². The molecule has 19 heavy (non-hydrogen) atoms. The summed E-state index contributed by atoms with van der Waals surface area (Å²) in [5.74, 6) is 1.27. The van der Waals surface area contributed by atoms with Gasteiger partial charge in [0.15, 0.2) is 0 Å². The fourth-order valence-corrected chi connectivity index (χ4v) is 1.94. The predicted octanol–water partition coefficient (Wildman–Crippen LogP) is 3.42. The monoisotopic (exact) mass is 252 g/mol. The molecule has 0 spiro atoms. The van der Waals surface area contributed by atoms with E-state index in [1.165, 1.54) is 0 Å². The molecule has 0 saturated heterocycles. The van der Waals surface area contributed by atoms with Gasteiger partial charge in [-0.05, 0) is 23.8 Å². The number of phenols is 1. The lowest BCUT2D eigenvalue weighted by Gasteiger charge is -2.06. The summed E-state index contributed by atoms with van der Waals surface area (Å²) in [5, 5.41) is 13.9. The lowest BCUT2D eigenvalue weighted by molar-refractivity contribution is 0.394. The van der Waals surface area contributed by atoms with Crippen molar-refractivity contribution in [2.24, 2.45) is 0 Å². The Morgan fingerprint density at radius 3 is 2.47 bits per heavy atom. The minimum absolute atomic E-state index is 0.232. The van der Waals surface area contributed by atoms with Crippen LogP contribution in [0.15, 0.2) is 53.1 Å². The maximum absolute atomic E-state index is 9.98. The number of hydrogen-bond acceptors (Lipinski definition) is 4. The highest BCUT2D eigenvalue weighted by Gasteiger charge is 2.10. The van der Waals surface area contributed by atoms with Gasteiger partial charge in [-0.1, -0.05) is 35.5 Å². The van der Waals surface area contributed by atoms with Crippen molar-refractivity contribution in [2.75, 3.05) is 0 Å². The van der Waals surface area contributed by atoms with Crippen LogP contribution in [0.1, 0.15) is 5.89 Å². The van der Waals surface area contributed by atoms with Gasteiger partial charge < -0.3 is 9.63 Å². The first kappa shape index (κ1) is 11.5. The number of hydrogen-bond donors (Lipinski definition) is 1. The van der Waals surface area contributed by atoms with Crippen molar-refractivity contribution in [2.45, 2.75) is 6.92 Å². The van der Waals surface area contributed by atoms with Crippen molar-refractivity contribution < 1.29 is 9.63 Å². The second-order valence-corrected chi connectivity index (χ2v) is 4.23. The average molecular weight is 252 g/mol. The van der Waals surface area contributed by atoms with Gasteiger partial charge in [-0.25, -0.2) is 0 Å². The zero-order valence-corrected chi connectivity index (χ0v) is 10.4. The van der Waals surface area contributed by atoms with Gasteiger partial charge in [0.25, 0.3) is 0 Å². The van der Waals surface area contributed by atoms with Gasteiger partial charge in [-0.2, -0.15) is 4.98 Å². The van der Waals surface area contributed by atoms with Crippen LogP contribution >= 0.6 is 0 Å². The molecule has 0 fully saturated rings. The molecule has 2 aromatic carbocycles. The van der Waals surface area contributed by atoms with Crippen LogP contribution in [0.5, 0.6) is 5.75 Å². The largest absolute Gasteiger partial charge is 0.507 e. The molecule has 1 N–H and O–H groups in total. The summed E-state index contributed by atoms with van der Waals surface area (Å²) in [5.41, 5.74) is 2.51. The van der Waals surface area contributed by atoms with Crippen LogP contribution in [0.4, 0.5) is 0 Å². The second-order valence-electron chi connectivity index (χ2n) is 4.23. The zero-order chi connectivity index (χ0) is 13.2. The normalized spacial score (nSPS) is 10.6. The van der Waals surface area contributed by atoms with Crippen molar-refractivity contribution in [3.8, 4) is 28.3 Å². The highest BCUT2D eigenvalue weighted by molar-refractivity contribution is 5.75. The van der Waals surface area contributed by atoms with Gasteiger partial charge in [-0.15, -0.1) is 0 Å². The first-order valence-electron chi connectivity index (χ1n) is 5.93. The fraction of sp³-hybridized carbons (Fsp3) is 0.0667. The van der Waals surface area contributed by atoms with E-state index in [4.69, 9.17) is 4.52 Å². The van der Waals surface area contributed by atoms with Crippen LogP contribution < -0.4 is 0 Å². The van der Waals surface area contributed by atoms with E-state index in [0.29, 0.717) is 11.7 Å². The number of aryl methyl sites for hydroxylation is 1. The molecule has 0 atom stereocenters. The standard InChI is InChI=1S/C15H12N2O2/c1-10-16-15(17-19-10)12-7-8-14(18)13(9-12)11-5-3-2-4-6-11/h2-9,18H,1H3. The van der Waals surface area contributed by atoms with E-state index in [0.717, 1.165) is 16.7 Å². The Labute approximate surface area is 110 Å². The molecule has 1 heterocycles. The van der Waals surface area contributed by atoms with E-state index in [2.05, 4.69) is 10.1 Å². The van der Waals surface area contributed by atoms with Gasteiger partial charge in [-0.3, -0.25) is 0 Å². The summed E-state index contributed by atoms with van der Waals surface area (Å²) in [7, 11) is 0. The lowest BCUT2D eigenvalue weighted by atomic mass is 10.0. The first-order valence-corrected chi connectivity index (χ1v) is 5.93. The van der Waals surface area contributed by atoms with Crippen molar-refractivity contribution in [3.63, 3.8) is 0 Å². The summed E-state index contributed by atoms with van der Waals surface area (Å²) in [4.78, 5) is 4.19. The topological polar surface area (TPSA) is 59.2 Å². The summed E-state index contributed by atoms with van der Waals surface area (Å²) < 4.78 is 4.97. The van der Waals surface area contributed by atoms with Crippen molar-refractivity contribution >= 4 is 0 Å². The lowest BCUT2D eigenvalue weighted by Crippen LogP contribution is -1.84. The maximum Gasteiger partial charge on any atom is 0.223 e. The minimum Gasteiger partial charge on any atom is -0.507 e. The van der Waals surface area contributed by atoms with Crippen LogP contribution in [0.25, 0.3) is 22.5 Å². The second kappa shape index (κ2) is 4.57. The summed E-state index contributed by atoms with van der Waals surface area (Å²) in [6, 6.07) is 15.0. The van der Waals surface area contributed by atoms with Crippen LogP contribution in [-0.2, 0) is 0 Å². The molecule has 4 heteroatoms. The van der Waals surface area contributed by atoms with Gasteiger partial charge >= 0.3 is 0 Å². The average Bonchev–Trinajstić information content (AvgIpc) is 2.87. The molecule has 0 radical (unpaired) electrons. The van der Waals surface area contributed by atoms with E-state index in [9.17, 15) is 5.11 Å². The first-order chi connectivity index (χ1) is 9.24. The van der Waals surface area contributed by atoms with Gasteiger partial charge in [0.05, 0.1) is 0 Å². The molecule has 4 nitrogen and oxygen atoms in total. The Kier molecular flexibility index (Phi) is 2.76. The molecule has 0 aliphatic rings. The number of aromatic hydroxyl groups is 1. The van der Waals surface area contributed by atoms with Crippen LogP contribution in [0.3, 0.4) is 0 Å². The Morgan fingerprint density at radius 1 is 1.00 bits per heavy atom. The minimum atomic E-state index is 0.232. The van der Waals surface area contributed by atoms with E-state index in [-0.39, 0.29) is 5.75 Å². The Bertz CT molecular complexity index is 705. The summed E-state index contributed by atoms with van der Waals surface area (Å²) >= 11 is 0. The van der Waals surface area contributed by atoms with E-state index in [1.54, 1.807) is 19.1 Å². The quantitative estimate of drug-likeness (QED) is 0.759. The van der Waals surface area contributed by atoms with E-state index in [1.807, 2.05) is 36.4 Å². The third kappa shape index (κ3) is 2.20. The fourth-order valence-electron chi connectivity index (χ4n) is 1.94. The SMILES string of the molecule is Cc1nc(-c2ccc(O)c(-c3ccccc3)c2)no1. The highest BCUT2D eigenvalue weighted by Crippen LogP contribution is 2.32. The Balaban J connectivity index is 2.11. The molecular formula is C15H12N2O2. The molecule has 94 valence electrons. The number of rotatable bonds is 2. The van der Waals surface area contributed by atoms with Crippen LogP contribution in [-0.4, -0.2) is 15.2 Å². The molecule has 0 saturated carbocycles. The van der Waals surface area contributed by atoms with Crippen molar-refractivity contribution in [3.05, 3.63) is 54.4 Å². The number of benzene rings is 2. The van der Waals surface area contributed by atoms with Gasteiger partial charge in [0, 0.05) is 18.1 Å².